The molecule has 4 fully saturated rings. The number of pyridine rings is 1. The van der Waals surface area contributed by atoms with Gasteiger partial charge in [-0.3, -0.25) is 14.7 Å². The molecule has 3 aromatic heterocycles. The number of halogens is 3. The molecule has 0 radical (unpaired) electrons. The lowest BCUT2D eigenvalue weighted by atomic mass is 9.95. The highest BCUT2D eigenvalue weighted by molar-refractivity contribution is 6.36. The summed E-state index contributed by atoms with van der Waals surface area (Å²) < 4.78 is 37.9. The van der Waals surface area contributed by atoms with Crippen LogP contribution in [-0.2, 0) is 4.79 Å². The Morgan fingerprint density at radius 2 is 1.87 bits per heavy atom. The molecular weight excluding hydrogens is 686 g/mol. The van der Waals surface area contributed by atoms with Crippen LogP contribution in [-0.4, -0.2) is 97.2 Å². The Balaban J connectivity index is 1.08. The van der Waals surface area contributed by atoms with Crippen LogP contribution in [0.1, 0.15) is 43.6 Å². The van der Waals surface area contributed by atoms with Crippen molar-refractivity contribution in [1.29, 1.82) is 0 Å². The Morgan fingerprint density at radius 1 is 1.06 bits per heavy atom. The number of ether oxygens (including phenoxy) is 1. The minimum absolute atomic E-state index is 0.0342. The van der Waals surface area contributed by atoms with E-state index in [1.807, 2.05) is 36.1 Å². The van der Waals surface area contributed by atoms with E-state index < -0.39 is 17.5 Å². The van der Waals surface area contributed by atoms with E-state index in [0.29, 0.717) is 64.7 Å². The largest absolute Gasteiger partial charge is 0.461 e. The van der Waals surface area contributed by atoms with E-state index in [1.54, 1.807) is 42.7 Å². The first-order chi connectivity index (χ1) is 25.3. The molecule has 0 aliphatic carbocycles. The van der Waals surface area contributed by atoms with E-state index >= 15 is 4.39 Å². The summed E-state index contributed by atoms with van der Waals surface area (Å²) in [5.41, 5.74) is 1.01. The van der Waals surface area contributed by atoms with Crippen LogP contribution in [0, 0.1) is 12.7 Å². The number of aryl methyl sites for hydroxylation is 1. The van der Waals surface area contributed by atoms with Crippen LogP contribution >= 0.6 is 11.6 Å². The molecule has 0 saturated carbocycles. The average Bonchev–Trinajstić information content (AvgIpc) is 3.76. The normalized spacial score (nSPS) is 24.4. The first-order valence-electron chi connectivity index (χ1n) is 17.9. The molecule has 13 heteroatoms. The third kappa shape index (κ3) is 5.72. The van der Waals surface area contributed by atoms with Gasteiger partial charge in [-0.05, 0) is 62.7 Å². The highest BCUT2D eigenvalue weighted by Gasteiger charge is 2.49. The second-order valence-electron chi connectivity index (χ2n) is 14.4. The predicted molar refractivity (Wildman–Crippen MR) is 195 cm³/mol. The second kappa shape index (κ2) is 13.0. The quantitative estimate of drug-likeness (QED) is 0.173. The van der Waals surface area contributed by atoms with Gasteiger partial charge < -0.3 is 14.5 Å². The van der Waals surface area contributed by atoms with E-state index in [0.717, 1.165) is 37.6 Å². The van der Waals surface area contributed by atoms with Gasteiger partial charge in [0.15, 0.2) is 5.82 Å². The molecule has 4 atom stereocenters. The number of piperazine rings is 1. The van der Waals surface area contributed by atoms with Crippen molar-refractivity contribution in [1.82, 2.24) is 34.7 Å². The maximum absolute atomic E-state index is 16.9. The van der Waals surface area contributed by atoms with E-state index in [-0.39, 0.29) is 41.8 Å². The maximum Gasteiger partial charge on any atom is 0.319 e. The third-order valence-corrected chi connectivity index (χ3v) is 11.5. The van der Waals surface area contributed by atoms with Crippen molar-refractivity contribution in [3.8, 4) is 17.3 Å². The first kappa shape index (κ1) is 33.1. The average molecular weight is 723 g/mol. The predicted octanol–water partition coefficient (Wildman–Crippen LogP) is 6.58. The smallest absolute Gasteiger partial charge is 0.319 e. The molecule has 2 bridgehead atoms. The summed E-state index contributed by atoms with van der Waals surface area (Å²) in [4.78, 5) is 42.5. The summed E-state index contributed by atoms with van der Waals surface area (Å²) in [7, 11) is 0. The fourth-order valence-corrected chi connectivity index (χ4v) is 9.18. The molecule has 9 rings (SSSR count). The van der Waals surface area contributed by atoms with Crippen LogP contribution in [0.3, 0.4) is 0 Å². The van der Waals surface area contributed by atoms with Crippen LogP contribution in [0.4, 0.5) is 14.6 Å². The summed E-state index contributed by atoms with van der Waals surface area (Å²) >= 11 is 6.65. The molecule has 10 nitrogen and oxygen atoms in total. The number of nitrogens with zero attached hydrogens (tertiary/aromatic N) is 8. The Kier molecular flexibility index (Phi) is 8.26. The first-order valence-corrected chi connectivity index (χ1v) is 18.2. The lowest BCUT2D eigenvalue weighted by Gasteiger charge is -2.41. The zero-order valence-corrected chi connectivity index (χ0v) is 29.4. The van der Waals surface area contributed by atoms with Crippen molar-refractivity contribution in [2.45, 2.75) is 62.8 Å². The molecule has 4 aliphatic rings. The van der Waals surface area contributed by atoms with Crippen LogP contribution in [0.5, 0.6) is 6.01 Å². The molecule has 2 aromatic carbocycles. The second-order valence-corrected chi connectivity index (χ2v) is 14.8. The number of amides is 1. The summed E-state index contributed by atoms with van der Waals surface area (Å²) in [5, 5.41) is 2.51. The van der Waals surface area contributed by atoms with Gasteiger partial charge in [0.1, 0.15) is 35.6 Å². The molecule has 7 heterocycles. The fraction of sp³-hybridized carbons (Fsp3) is 0.385. The fourth-order valence-electron chi connectivity index (χ4n) is 8.90. The summed E-state index contributed by atoms with van der Waals surface area (Å²) in [6.45, 7) is 4.23. The molecule has 4 aliphatic heterocycles. The highest BCUT2D eigenvalue weighted by Crippen LogP contribution is 2.42. The minimum Gasteiger partial charge on any atom is -0.461 e. The van der Waals surface area contributed by atoms with Crippen molar-refractivity contribution in [2.75, 3.05) is 37.7 Å². The zero-order chi connectivity index (χ0) is 35.6. The van der Waals surface area contributed by atoms with Gasteiger partial charge in [0.25, 0.3) is 0 Å². The molecule has 5 aromatic rings. The van der Waals surface area contributed by atoms with E-state index in [2.05, 4.69) is 29.7 Å². The van der Waals surface area contributed by atoms with Crippen LogP contribution in [0.15, 0.2) is 60.9 Å². The third-order valence-electron chi connectivity index (χ3n) is 11.2. The molecule has 52 heavy (non-hydrogen) atoms. The lowest BCUT2D eigenvalue weighted by molar-refractivity contribution is -0.129. The van der Waals surface area contributed by atoms with Gasteiger partial charge in [-0.2, -0.15) is 9.97 Å². The van der Waals surface area contributed by atoms with Crippen molar-refractivity contribution in [3.63, 3.8) is 0 Å². The summed E-state index contributed by atoms with van der Waals surface area (Å²) in [6, 6.07) is 12.8. The SMILES string of the molecule is Cc1nccc(/C=C/C(=O)N2[C@@H]3CC[C@H]2CN(c2nc(OC[C@@]45CCCN4C[C@H](F)C5)nc4c(F)c(-c5cccc6cccc(Cl)c56)ncc24)C3)n1. The van der Waals surface area contributed by atoms with E-state index in [1.165, 1.54) is 0 Å². The number of rotatable bonds is 7. The molecule has 4 saturated heterocycles. The summed E-state index contributed by atoms with van der Waals surface area (Å²) in [5.74, 6) is 0.457. The van der Waals surface area contributed by atoms with Gasteiger partial charge in [-0.1, -0.05) is 41.9 Å². The number of anilines is 1. The Hall–Kier alpha value is -4.81. The number of fused-ring (bicyclic) bond motifs is 5. The topological polar surface area (TPSA) is 100 Å². The van der Waals surface area contributed by atoms with Gasteiger partial charge in [-0.25, -0.2) is 18.7 Å². The number of hydrogen-bond donors (Lipinski definition) is 0. The van der Waals surface area contributed by atoms with Gasteiger partial charge in [-0.15, -0.1) is 0 Å². The van der Waals surface area contributed by atoms with Gasteiger partial charge in [0.2, 0.25) is 5.91 Å². The maximum atomic E-state index is 16.9. The van der Waals surface area contributed by atoms with E-state index in [9.17, 15) is 9.18 Å². The molecule has 0 unspecified atom stereocenters. The molecular formula is C39H37ClF2N8O2. The van der Waals surface area contributed by atoms with Crippen LogP contribution < -0.4 is 9.64 Å². The van der Waals surface area contributed by atoms with Gasteiger partial charge in [0.05, 0.1) is 16.6 Å². The Morgan fingerprint density at radius 3 is 2.67 bits per heavy atom. The van der Waals surface area contributed by atoms with Gasteiger partial charge >= 0.3 is 6.01 Å². The van der Waals surface area contributed by atoms with Crippen LogP contribution in [0.25, 0.3) is 39.0 Å². The zero-order valence-electron chi connectivity index (χ0n) is 28.7. The standard InChI is InChI=1S/C39H37ClF2N8O2/c1-23-43-15-13-26(45-23)9-12-32(51)50-27-10-11-28(50)21-48(20-27)37-30-18-44-35(29-7-2-5-24-6-3-8-31(40)33(24)29)34(42)36(30)46-38(47-37)52-22-39-14-4-16-49(39)19-25(41)17-39/h2-3,5-9,12-13,15,18,25,27-28H,4,10-11,14,16-17,19-22H2,1H3/b12-9+/t25-,27-,28+,39+/m1/s1. The van der Waals surface area contributed by atoms with Gasteiger partial charge in [0, 0.05) is 72.6 Å². The Labute approximate surface area is 304 Å². The number of hydrogen-bond acceptors (Lipinski definition) is 9. The van der Waals surface area contributed by atoms with Crippen molar-refractivity contribution in [3.05, 3.63) is 83.3 Å². The molecule has 0 N–H and O–H groups in total. The number of carbonyl (C=O) groups is 1. The molecule has 0 spiro atoms. The van der Waals surface area contributed by atoms with Crippen molar-refractivity contribution in [2.24, 2.45) is 0 Å². The monoisotopic (exact) mass is 722 g/mol. The number of carbonyl (C=O) groups excluding carboxylic acids is 1. The van der Waals surface area contributed by atoms with Crippen molar-refractivity contribution < 1.29 is 18.3 Å². The number of benzene rings is 2. The Bertz CT molecular complexity index is 2240. The number of aromatic nitrogens is 5. The van der Waals surface area contributed by atoms with E-state index in [4.69, 9.17) is 21.3 Å². The number of alkyl halides is 1. The molecule has 266 valence electrons. The lowest BCUT2D eigenvalue weighted by Crippen LogP contribution is -2.55. The minimum atomic E-state index is -0.912. The molecule has 1 amide bonds. The van der Waals surface area contributed by atoms with Crippen LogP contribution in [0.2, 0.25) is 5.02 Å². The highest BCUT2D eigenvalue weighted by atomic mass is 35.5. The van der Waals surface area contributed by atoms with Crippen molar-refractivity contribution >= 4 is 51.1 Å². The summed E-state index contributed by atoms with van der Waals surface area (Å²) in [6.07, 6.45) is 9.53.